The van der Waals surface area contributed by atoms with E-state index in [9.17, 15) is 0 Å². The summed E-state index contributed by atoms with van der Waals surface area (Å²) >= 11 is 0. The van der Waals surface area contributed by atoms with Gasteiger partial charge >= 0.3 is 0 Å². The van der Waals surface area contributed by atoms with E-state index in [1.165, 1.54) is 67.4 Å². The van der Waals surface area contributed by atoms with Crippen molar-refractivity contribution in [3.63, 3.8) is 0 Å². The fourth-order valence-corrected chi connectivity index (χ4v) is 9.13. The second-order valence-electron chi connectivity index (χ2n) is 14.0. The molecule has 4 unspecified atom stereocenters. The molecule has 0 aromatic heterocycles. The SMILES string of the molecule is C1=CCC(C2=CC=C3C(C2)c2ccccc2N3c2ccccc2)C(c2ccccc2C2=CC3c4ccccc4N(c4ccccc4)C3C=C2)=C1. The molecule has 5 aliphatic rings. The lowest BCUT2D eigenvalue weighted by Gasteiger charge is -2.32. The molecule has 5 aromatic rings. The normalized spacial score (nSPS) is 22.9. The average molecular weight is 643 g/mol. The van der Waals surface area contributed by atoms with Crippen molar-refractivity contribution >= 4 is 33.9 Å². The van der Waals surface area contributed by atoms with E-state index in [4.69, 9.17) is 0 Å². The number of fused-ring (bicyclic) bond motifs is 6. The molecule has 50 heavy (non-hydrogen) atoms. The van der Waals surface area contributed by atoms with E-state index in [1.54, 1.807) is 0 Å². The third kappa shape index (κ3) is 4.63. The van der Waals surface area contributed by atoms with Crippen LogP contribution < -0.4 is 9.80 Å². The van der Waals surface area contributed by atoms with Gasteiger partial charge in [0.2, 0.25) is 0 Å². The standard InChI is InChI=1S/C48H38N2/c1-3-15-35(16-4-1)49-45-25-13-11-23-41(45)43-31-33(27-29-47(43)49)37-19-7-9-21-39(37)40-22-10-8-20-38(40)34-28-30-48-44(32-34)42-24-12-14-26-46(42)50(48)36-17-5-2-6-18-36/h1-19,21-31,38,43-44,47H,20,32H2. The summed E-state index contributed by atoms with van der Waals surface area (Å²) < 4.78 is 0. The molecule has 2 aliphatic heterocycles. The van der Waals surface area contributed by atoms with Gasteiger partial charge in [0.25, 0.3) is 0 Å². The van der Waals surface area contributed by atoms with Crippen LogP contribution in [-0.4, -0.2) is 6.04 Å². The topological polar surface area (TPSA) is 6.48 Å². The lowest BCUT2D eigenvalue weighted by molar-refractivity contribution is 0.677. The molecule has 0 amide bonds. The van der Waals surface area contributed by atoms with Crippen LogP contribution in [-0.2, 0) is 0 Å². The Morgan fingerprint density at radius 1 is 0.560 bits per heavy atom. The largest absolute Gasteiger partial charge is 0.333 e. The van der Waals surface area contributed by atoms with Crippen LogP contribution in [0.15, 0.2) is 193 Å². The van der Waals surface area contributed by atoms with Crippen LogP contribution in [0.25, 0.3) is 11.1 Å². The number of anilines is 4. The number of para-hydroxylation sites is 4. The second-order valence-corrected chi connectivity index (χ2v) is 14.0. The van der Waals surface area contributed by atoms with E-state index >= 15 is 0 Å². The van der Waals surface area contributed by atoms with Crippen LogP contribution in [0.1, 0.15) is 46.9 Å². The van der Waals surface area contributed by atoms with Gasteiger partial charge < -0.3 is 9.80 Å². The molecule has 3 aliphatic carbocycles. The Balaban J connectivity index is 1.01. The van der Waals surface area contributed by atoms with Crippen molar-refractivity contribution in [3.05, 3.63) is 216 Å². The zero-order valence-electron chi connectivity index (χ0n) is 27.9. The van der Waals surface area contributed by atoms with Crippen LogP contribution in [0.5, 0.6) is 0 Å². The highest BCUT2D eigenvalue weighted by Gasteiger charge is 2.40. The number of nitrogens with zero attached hydrogens (tertiary/aromatic N) is 2. The first-order chi connectivity index (χ1) is 24.8. The Morgan fingerprint density at radius 2 is 1.24 bits per heavy atom. The first-order valence-electron chi connectivity index (χ1n) is 18.0. The Labute approximate surface area is 295 Å². The van der Waals surface area contributed by atoms with Gasteiger partial charge in [-0.25, -0.2) is 0 Å². The Hall–Kier alpha value is -5.86. The highest BCUT2D eigenvalue weighted by Crippen LogP contribution is 2.54. The van der Waals surface area contributed by atoms with Crippen molar-refractivity contribution in [2.24, 2.45) is 5.92 Å². The van der Waals surface area contributed by atoms with Crippen molar-refractivity contribution in [2.45, 2.75) is 30.7 Å². The van der Waals surface area contributed by atoms with Crippen LogP contribution in [0.4, 0.5) is 22.7 Å². The molecule has 10 rings (SSSR count). The van der Waals surface area contributed by atoms with E-state index in [-0.39, 0.29) is 12.0 Å². The first-order valence-corrected chi connectivity index (χ1v) is 18.0. The Kier molecular flexibility index (Phi) is 6.94. The molecule has 0 saturated heterocycles. The summed E-state index contributed by atoms with van der Waals surface area (Å²) in [6.07, 6.45) is 21.2. The molecule has 240 valence electrons. The molecule has 0 fully saturated rings. The van der Waals surface area contributed by atoms with Crippen molar-refractivity contribution in [1.29, 1.82) is 0 Å². The van der Waals surface area contributed by atoms with Crippen molar-refractivity contribution < 1.29 is 0 Å². The molecule has 5 aromatic carbocycles. The summed E-state index contributed by atoms with van der Waals surface area (Å²) in [6.45, 7) is 0. The van der Waals surface area contributed by atoms with E-state index in [1.807, 2.05) is 0 Å². The fraction of sp³-hybridized carbons (Fsp3) is 0.125. The van der Waals surface area contributed by atoms with Crippen LogP contribution in [0.3, 0.4) is 0 Å². The molecule has 0 spiro atoms. The molecule has 0 saturated carbocycles. The highest BCUT2D eigenvalue weighted by atomic mass is 15.2. The summed E-state index contributed by atoms with van der Waals surface area (Å²) in [5.41, 5.74) is 16.2. The lowest BCUT2D eigenvalue weighted by Crippen LogP contribution is -2.29. The summed E-state index contributed by atoms with van der Waals surface area (Å²) in [7, 11) is 0. The minimum absolute atomic E-state index is 0.258. The summed E-state index contributed by atoms with van der Waals surface area (Å²) in [4.78, 5) is 4.98. The quantitative estimate of drug-likeness (QED) is 0.188. The molecule has 0 bridgehead atoms. The molecule has 2 nitrogen and oxygen atoms in total. The van der Waals surface area contributed by atoms with E-state index in [2.05, 4.69) is 192 Å². The number of hydrogen-bond acceptors (Lipinski definition) is 2. The predicted octanol–water partition coefficient (Wildman–Crippen LogP) is 12.1. The Bertz CT molecular complexity index is 2300. The van der Waals surface area contributed by atoms with Gasteiger partial charge in [-0.15, -0.1) is 0 Å². The van der Waals surface area contributed by atoms with Gasteiger partial charge in [0.05, 0.1) is 6.04 Å². The fourth-order valence-electron chi connectivity index (χ4n) is 9.13. The van der Waals surface area contributed by atoms with Gasteiger partial charge in [0.15, 0.2) is 0 Å². The van der Waals surface area contributed by atoms with Crippen LogP contribution in [0, 0.1) is 5.92 Å². The van der Waals surface area contributed by atoms with Gasteiger partial charge in [-0.3, -0.25) is 0 Å². The Morgan fingerprint density at radius 3 is 2.06 bits per heavy atom. The first kappa shape index (κ1) is 29.1. The zero-order chi connectivity index (χ0) is 33.0. The molecular weight excluding hydrogens is 605 g/mol. The monoisotopic (exact) mass is 642 g/mol. The minimum Gasteiger partial charge on any atom is -0.333 e. The van der Waals surface area contributed by atoms with Gasteiger partial charge in [-0.1, -0.05) is 145 Å². The average Bonchev–Trinajstić information content (AvgIpc) is 3.71. The number of allylic oxidation sites excluding steroid dienone is 10. The molecular formula is C48H38N2. The molecule has 4 atom stereocenters. The maximum Gasteiger partial charge on any atom is 0.0630 e. The third-order valence-electron chi connectivity index (χ3n) is 11.3. The predicted molar refractivity (Wildman–Crippen MR) is 209 cm³/mol. The van der Waals surface area contributed by atoms with Gasteiger partial charge in [0.1, 0.15) is 0 Å². The van der Waals surface area contributed by atoms with Crippen molar-refractivity contribution in [3.8, 4) is 0 Å². The van der Waals surface area contributed by atoms with Crippen LogP contribution in [0.2, 0.25) is 0 Å². The summed E-state index contributed by atoms with van der Waals surface area (Å²) in [6, 6.07) is 49.0. The number of hydrogen-bond donors (Lipinski definition) is 0. The summed E-state index contributed by atoms with van der Waals surface area (Å²) in [5, 5.41) is 0. The smallest absolute Gasteiger partial charge is 0.0630 e. The van der Waals surface area contributed by atoms with E-state index in [0.29, 0.717) is 11.8 Å². The third-order valence-corrected chi connectivity index (χ3v) is 11.3. The second kappa shape index (κ2) is 11.9. The maximum absolute atomic E-state index is 2.53. The summed E-state index contributed by atoms with van der Waals surface area (Å²) in [5.74, 6) is 0.971. The van der Waals surface area contributed by atoms with Crippen molar-refractivity contribution in [2.75, 3.05) is 9.80 Å². The van der Waals surface area contributed by atoms with E-state index in [0.717, 1.165) is 12.8 Å². The molecule has 2 heteroatoms. The minimum atomic E-state index is 0.258. The number of benzene rings is 5. The molecule has 2 heterocycles. The van der Waals surface area contributed by atoms with Crippen molar-refractivity contribution in [1.82, 2.24) is 0 Å². The van der Waals surface area contributed by atoms with Gasteiger partial charge in [-0.05, 0) is 88.7 Å². The van der Waals surface area contributed by atoms with Gasteiger partial charge in [0, 0.05) is 46.2 Å². The lowest BCUT2D eigenvalue weighted by atomic mass is 9.74. The van der Waals surface area contributed by atoms with Gasteiger partial charge in [-0.2, -0.15) is 0 Å². The number of rotatable bonds is 5. The van der Waals surface area contributed by atoms with Crippen LogP contribution >= 0.6 is 0 Å². The highest BCUT2D eigenvalue weighted by molar-refractivity contribution is 5.89. The molecule has 0 N–H and O–H groups in total. The maximum atomic E-state index is 2.53. The zero-order valence-corrected chi connectivity index (χ0v) is 27.9. The van der Waals surface area contributed by atoms with E-state index < -0.39 is 0 Å². The molecule has 0 radical (unpaired) electrons.